The third-order valence-corrected chi connectivity index (χ3v) is 5.43. The Morgan fingerprint density at radius 3 is 2.70 bits per heavy atom. The summed E-state index contributed by atoms with van der Waals surface area (Å²) in [4.78, 5) is 17.3. The topological polar surface area (TPSA) is 61.5 Å². The molecule has 1 N–H and O–H groups in total. The maximum atomic E-state index is 13.0. The Kier molecular flexibility index (Phi) is 4.81. The number of ether oxygens (including phenoxy) is 1. The molecule has 3 aromatic rings. The number of nitrogens with one attached hydrogen (secondary N) is 1. The lowest BCUT2D eigenvalue weighted by Gasteiger charge is -2.38. The average molecular weight is 364 g/mol. The smallest absolute Gasteiger partial charge is 0.256 e. The highest BCUT2D eigenvalue weighted by atomic mass is 16.5. The maximum Gasteiger partial charge on any atom is 0.256 e. The number of fused-ring (bicyclic) bond motifs is 1. The predicted octanol–water partition coefficient (Wildman–Crippen LogP) is 3.09. The van der Waals surface area contributed by atoms with Gasteiger partial charge in [0.2, 0.25) is 0 Å². The van der Waals surface area contributed by atoms with Crippen LogP contribution in [0.3, 0.4) is 0 Å². The molecule has 0 radical (unpaired) electrons. The second kappa shape index (κ2) is 7.40. The molecule has 1 saturated heterocycles. The van der Waals surface area contributed by atoms with E-state index in [0.29, 0.717) is 5.56 Å². The molecular weight excluding hydrogens is 340 g/mol. The number of rotatable bonds is 4. The first-order valence-electron chi connectivity index (χ1n) is 9.27. The highest BCUT2D eigenvalue weighted by Crippen LogP contribution is 2.25. The van der Waals surface area contributed by atoms with Crippen molar-refractivity contribution in [3.63, 3.8) is 0 Å². The van der Waals surface area contributed by atoms with Gasteiger partial charge in [-0.1, -0.05) is 24.3 Å². The number of benzene rings is 2. The third kappa shape index (κ3) is 3.40. The van der Waals surface area contributed by atoms with E-state index in [1.807, 2.05) is 35.2 Å². The Hall–Kier alpha value is -2.86. The summed E-state index contributed by atoms with van der Waals surface area (Å²) in [5.41, 5.74) is 2.74. The number of methoxy groups -OCH3 is 1. The normalized spacial score (nSPS) is 16.4. The summed E-state index contributed by atoms with van der Waals surface area (Å²) in [6.45, 7) is 5.35. The molecule has 6 heteroatoms. The molecule has 6 nitrogen and oxygen atoms in total. The molecule has 2 aromatic carbocycles. The molecule has 140 valence electrons. The number of amides is 1. The van der Waals surface area contributed by atoms with Gasteiger partial charge in [0.15, 0.2) is 0 Å². The monoisotopic (exact) mass is 364 g/mol. The van der Waals surface area contributed by atoms with E-state index in [1.54, 1.807) is 13.3 Å². The molecule has 1 fully saturated rings. The van der Waals surface area contributed by atoms with Gasteiger partial charge < -0.3 is 9.64 Å². The minimum atomic E-state index is 0.0681. The van der Waals surface area contributed by atoms with Gasteiger partial charge in [-0.15, -0.1) is 0 Å². The molecule has 0 bridgehead atoms. The summed E-state index contributed by atoms with van der Waals surface area (Å²) in [6, 6.07) is 14.2. The fourth-order valence-electron chi connectivity index (χ4n) is 3.74. The molecule has 0 aliphatic carbocycles. The number of hydrogen-bond acceptors (Lipinski definition) is 4. The fraction of sp³-hybridized carbons (Fsp3) is 0.333. The van der Waals surface area contributed by atoms with Crippen molar-refractivity contribution < 1.29 is 9.53 Å². The molecule has 1 aromatic heterocycles. The van der Waals surface area contributed by atoms with Crippen molar-refractivity contribution in [1.82, 2.24) is 20.0 Å². The van der Waals surface area contributed by atoms with Crippen LogP contribution in [0.2, 0.25) is 0 Å². The van der Waals surface area contributed by atoms with Crippen molar-refractivity contribution in [2.45, 2.75) is 13.0 Å². The number of nitrogens with zero attached hydrogens (tertiary/aromatic N) is 3. The third-order valence-electron chi connectivity index (χ3n) is 5.43. The maximum absolute atomic E-state index is 13.0. The van der Waals surface area contributed by atoms with E-state index in [1.165, 1.54) is 5.56 Å². The van der Waals surface area contributed by atoms with Gasteiger partial charge in [-0.3, -0.25) is 14.8 Å². The number of para-hydroxylation sites is 1. The molecule has 1 aliphatic rings. The summed E-state index contributed by atoms with van der Waals surface area (Å²) in [5, 5.41) is 7.97. The van der Waals surface area contributed by atoms with Crippen molar-refractivity contribution >= 4 is 16.8 Å². The lowest BCUT2D eigenvalue weighted by Crippen LogP contribution is -2.49. The van der Waals surface area contributed by atoms with Gasteiger partial charge in [0.25, 0.3) is 5.91 Å². The number of hydrogen-bond donors (Lipinski definition) is 1. The van der Waals surface area contributed by atoms with Gasteiger partial charge in [0, 0.05) is 37.6 Å². The van der Waals surface area contributed by atoms with Crippen LogP contribution in [-0.2, 0) is 0 Å². The van der Waals surface area contributed by atoms with E-state index < -0.39 is 0 Å². The van der Waals surface area contributed by atoms with Crippen molar-refractivity contribution in [3.8, 4) is 5.75 Å². The van der Waals surface area contributed by atoms with Crippen molar-refractivity contribution in [2.24, 2.45) is 0 Å². The molecule has 27 heavy (non-hydrogen) atoms. The minimum absolute atomic E-state index is 0.0681. The van der Waals surface area contributed by atoms with E-state index in [2.05, 4.69) is 34.2 Å². The van der Waals surface area contributed by atoms with E-state index >= 15 is 0 Å². The van der Waals surface area contributed by atoms with Crippen molar-refractivity contribution in [2.75, 3.05) is 33.3 Å². The summed E-state index contributed by atoms with van der Waals surface area (Å²) in [6.07, 6.45) is 1.75. The van der Waals surface area contributed by atoms with Crippen LogP contribution in [0.4, 0.5) is 0 Å². The van der Waals surface area contributed by atoms with Gasteiger partial charge in [-0.05, 0) is 30.7 Å². The number of carbonyl (C=O) groups is 1. The minimum Gasteiger partial charge on any atom is -0.497 e. The Bertz CT molecular complexity index is 944. The van der Waals surface area contributed by atoms with E-state index in [9.17, 15) is 4.79 Å². The van der Waals surface area contributed by atoms with Gasteiger partial charge in [0.05, 0.1) is 24.4 Å². The number of aromatic nitrogens is 2. The van der Waals surface area contributed by atoms with Gasteiger partial charge in [-0.2, -0.15) is 5.10 Å². The first-order valence-corrected chi connectivity index (χ1v) is 9.27. The molecule has 2 heterocycles. The standard InChI is InChI=1S/C21H24N4O2/c1-15(16-5-3-7-18(13-16)27-2)24-9-11-25(12-10-24)21(26)19-8-4-6-17-14-22-23-20(17)19/h3-8,13-15H,9-12H2,1-2H3,(H,22,23). The summed E-state index contributed by atoms with van der Waals surface area (Å²) >= 11 is 0. The molecule has 1 amide bonds. The van der Waals surface area contributed by atoms with Crippen LogP contribution in [0, 0.1) is 0 Å². The van der Waals surface area contributed by atoms with Crippen LogP contribution in [0.15, 0.2) is 48.7 Å². The van der Waals surface area contributed by atoms with Gasteiger partial charge >= 0.3 is 0 Å². The number of piperazine rings is 1. The van der Waals surface area contributed by atoms with E-state index in [0.717, 1.165) is 42.8 Å². The van der Waals surface area contributed by atoms with Crippen LogP contribution in [0.25, 0.3) is 10.9 Å². The van der Waals surface area contributed by atoms with Crippen LogP contribution in [0.5, 0.6) is 5.75 Å². The molecule has 4 rings (SSSR count). The van der Waals surface area contributed by atoms with Crippen molar-refractivity contribution in [3.05, 3.63) is 59.8 Å². The lowest BCUT2D eigenvalue weighted by molar-refractivity contribution is 0.0583. The second-order valence-corrected chi connectivity index (χ2v) is 6.92. The molecular formula is C21H24N4O2. The molecule has 1 aliphatic heterocycles. The summed E-state index contributed by atoms with van der Waals surface area (Å²) in [7, 11) is 1.69. The van der Waals surface area contributed by atoms with E-state index in [4.69, 9.17) is 4.74 Å². The fourth-order valence-corrected chi connectivity index (χ4v) is 3.74. The van der Waals surface area contributed by atoms with Crippen LogP contribution >= 0.6 is 0 Å². The second-order valence-electron chi connectivity index (χ2n) is 6.92. The van der Waals surface area contributed by atoms with E-state index in [-0.39, 0.29) is 11.9 Å². The largest absolute Gasteiger partial charge is 0.497 e. The first kappa shape index (κ1) is 17.5. The zero-order chi connectivity index (χ0) is 18.8. The Morgan fingerprint density at radius 2 is 1.93 bits per heavy atom. The van der Waals surface area contributed by atoms with Crippen LogP contribution in [-0.4, -0.2) is 59.2 Å². The Labute approximate surface area is 158 Å². The molecule has 1 unspecified atom stereocenters. The molecule has 0 spiro atoms. The highest BCUT2D eigenvalue weighted by Gasteiger charge is 2.26. The van der Waals surface area contributed by atoms with Crippen LogP contribution in [0.1, 0.15) is 28.9 Å². The number of aromatic amines is 1. The summed E-state index contributed by atoms with van der Waals surface area (Å²) < 4.78 is 5.34. The van der Waals surface area contributed by atoms with Gasteiger partial charge in [0.1, 0.15) is 5.75 Å². The quantitative estimate of drug-likeness (QED) is 0.773. The summed E-state index contributed by atoms with van der Waals surface area (Å²) in [5.74, 6) is 0.944. The van der Waals surface area contributed by atoms with Crippen LogP contribution < -0.4 is 4.74 Å². The molecule has 1 atom stereocenters. The lowest BCUT2D eigenvalue weighted by atomic mass is 10.1. The number of H-pyrrole nitrogens is 1. The zero-order valence-corrected chi connectivity index (χ0v) is 15.7. The molecule has 0 saturated carbocycles. The average Bonchev–Trinajstić information content (AvgIpc) is 3.22. The predicted molar refractivity (Wildman–Crippen MR) is 105 cm³/mol. The highest BCUT2D eigenvalue weighted by molar-refractivity contribution is 6.05. The van der Waals surface area contributed by atoms with Gasteiger partial charge in [-0.25, -0.2) is 0 Å². The SMILES string of the molecule is COc1cccc(C(C)N2CCN(C(=O)c3cccc4cn[nH]c34)CC2)c1. The first-order chi connectivity index (χ1) is 13.2. The Morgan fingerprint density at radius 1 is 1.15 bits per heavy atom. The van der Waals surface area contributed by atoms with Crippen molar-refractivity contribution in [1.29, 1.82) is 0 Å². The zero-order valence-electron chi connectivity index (χ0n) is 15.7. The Balaban J connectivity index is 1.44. The number of carbonyl (C=O) groups excluding carboxylic acids is 1.